The maximum Gasteiger partial charge on any atom is 0.336 e. The van der Waals surface area contributed by atoms with Crippen LogP contribution >= 0.6 is 0 Å². The highest BCUT2D eigenvalue weighted by atomic mass is 16.5. The summed E-state index contributed by atoms with van der Waals surface area (Å²) in [6.45, 7) is 2.07. The second-order valence-corrected chi connectivity index (χ2v) is 7.24. The predicted octanol–water partition coefficient (Wildman–Crippen LogP) is 2.65. The van der Waals surface area contributed by atoms with E-state index in [0.717, 1.165) is 16.5 Å². The Balaban J connectivity index is 1.63. The Morgan fingerprint density at radius 1 is 1.06 bits per heavy atom. The molecule has 3 rings (SSSR count). The van der Waals surface area contributed by atoms with E-state index in [1.807, 2.05) is 30.3 Å². The maximum atomic E-state index is 12.2. The van der Waals surface area contributed by atoms with Crippen molar-refractivity contribution in [2.45, 2.75) is 38.7 Å². The molecule has 1 unspecified atom stereocenters. The molecule has 0 aliphatic carbocycles. The highest BCUT2D eigenvalue weighted by molar-refractivity contribution is 5.93. The summed E-state index contributed by atoms with van der Waals surface area (Å²) in [5, 5.41) is 13.9. The predicted molar refractivity (Wildman–Crippen MR) is 114 cm³/mol. The number of aliphatic carboxylic acids is 1. The van der Waals surface area contributed by atoms with Gasteiger partial charge >= 0.3 is 5.63 Å². The number of rotatable bonds is 10. The number of carboxylic acid groups (broad SMARTS) is 1. The van der Waals surface area contributed by atoms with Crippen LogP contribution in [0, 0.1) is 0 Å². The molecular weight excluding hydrogens is 398 g/mol. The molecule has 1 N–H and O–H groups in total. The third kappa shape index (κ3) is 6.18. The van der Waals surface area contributed by atoms with Crippen LogP contribution in [0.3, 0.4) is 0 Å². The molecule has 0 saturated heterocycles. The van der Waals surface area contributed by atoms with Crippen LogP contribution in [0.5, 0.6) is 5.75 Å². The summed E-state index contributed by atoms with van der Waals surface area (Å²) in [6.07, 6.45) is 1.17. The van der Waals surface area contributed by atoms with Crippen LogP contribution in [-0.2, 0) is 9.59 Å². The van der Waals surface area contributed by atoms with E-state index >= 15 is 0 Å². The van der Waals surface area contributed by atoms with Gasteiger partial charge in [0.05, 0.1) is 0 Å². The van der Waals surface area contributed by atoms with E-state index in [4.69, 9.17) is 9.15 Å². The number of amides is 1. The standard InChI is InChI=1S/C24H25NO6/c1-16(24(29)25-13-7-3-6-10-22(26)27)30-18-11-12-19-20(17-8-4-2-5-9-17)15-23(28)31-21(19)14-18/h2,4-5,8-9,11-12,14-16H,3,6-7,10,13H2,1H3,(H,25,29)(H,26,27)/p-1. The van der Waals surface area contributed by atoms with E-state index < -0.39 is 17.7 Å². The summed E-state index contributed by atoms with van der Waals surface area (Å²) in [5.41, 5.74) is 1.58. The molecule has 7 nitrogen and oxygen atoms in total. The number of carbonyl (C=O) groups is 2. The minimum Gasteiger partial charge on any atom is -0.550 e. The molecule has 2 aromatic carbocycles. The van der Waals surface area contributed by atoms with Crippen molar-refractivity contribution in [3.8, 4) is 16.9 Å². The lowest BCUT2D eigenvalue weighted by molar-refractivity contribution is -0.305. The Morgan fingerprint density at radius 3 is 2.58 bits per heavy atom. The normalized spacial score (nSPS) is 11.8. The lowest BCUT2D eigenvalue weighted by Gasteiger charge is -2.15. The molecule has 3 aromatic rings. The summed E-state index contributed by atoms with van der Waals surface area (Å²) in [7, 11) is 0. The number of ether oxygens (including phenoxy) is 1. The Morgan fingerprint density at radius 2 is 1.84 bits per heavy atom. The molecule has 1 atom stereocenters. The molecule has 0 saturated carbocycles. The molecule has 0 bridgehead atoms. The molecule has 1 amide bonds. The fourth-order valence-electron chi connectivity index (χ4n) is 3.26. The summed E-state index contributed by atoms with van der Waals surface area (Å²) in [4.78, 5) is 34.6. The van der Waals surface area contributed by atoms with E-state index in [9.17, 15) is 19.5 Å². The monoisotopic (exact) mass is 422 g/mol. The number of carbonyl (C=O) groups excluding carboxylic acids is 2. The molecule has 0 aliphatic rings. The van der Waals surface area contributed by atoms with E-state index in [2.05, 4.69) is 5.32 Å². The topological polar surface area (TPSA) is 109 Å². The fraction of sp³-hybridized carbons (Fsp3) is 0.292. The van der Waals surface area contributed by atoms with E-state index in [0.29, 0.717) is 37.1 Å². The van der Waals surface area contributed by atoms with Gasteiger partial charge in [-0.1, -0.05) is 36.8 Å². The molecule has 0 spiro atoms. The lowest BCUT2D eigenvalue weighted by atomic mass is 10.0. The van der Waals surface area contributed by atoms with E-state index in [-0.39, 0.29) is 12.3 Å². The van der Waals surface area contributed by atoms with Gasteiger partial charge in [-0.2, -0.15) is 0 Å². The highest BCUT2D eigenvalue weighted by Crippen LogP contribution is 2.29. The zero-order chi connectivity index (χ0) is 22.2. The molecule has 0 aliphatic heterocycles. The summed E-state index contributed by atoms with van der Waals surface area (Å²) in [5.74, 6) is -0.926. The number of fused-ring (bicyclic) bond motifs is 1. The minimum absolute atomic E-state index is 0.0253. The Labute approximate surface area is 179 Å². The zero-order valence-corrected chi connectivity index (χ0v) is 17.3. The number of nitrogens with one attached hydrogen (secondary N) is 1. The van der Waals surface area contributed by atoms with Crippen molar-refractivity contribution >= 4 is 22.8 Å². The third-order valence-corrected chi connectivity index (χ3v) is 4.84. The van der Waals surface area contributed by atoms with Crippen molar-refractivity contribution in [2.75, 3.05) is 6.54 Å². The average molecular weight is 422 g/mol. The first-order valence-electron chi connectivity index (χ1n) is 10.2. The molecule has 0 radical (unpaired) electrons. The summed E-state index contributed by atoms with van der Waals surface area (Å²) in [6, 6.07) is 16.1. The van der Waals surface area contributed by atoms with Crippen molar-refractivity contribution in [3.63, 3.8) is 0 Å². The van der Waals surface area contributed by atoms with Crippen LogP contribution in [-0.4, -0.2) is 24.5 Å². The van der Waals surface area contributed by atoms with Gasteiger partial charge < -0.3 is 24.4 Å². The summed E-state index contributed by atoms with van der Waals surface area (Å²) >= 11 is 0. The smallest absolute Gasteiger partial charge is 0.336 e. The highest BCUT2D eigenvalue weighted by Gasteiger charge is 2.15. The number of carboxylic acids is 1. The number of hydrogen-bond donors (Lipinski definition) is 1. The van der Waals surface area contributed by atoms with Gasteiger partial charge in [0, 0.05) is 30.0 Å². The Kier molecular flexibility index (Phi) is 7.43. The largest absolute Gasteiger partial charge is 0.550 e. The van der Waals surface area contributed by atoms with Gasteiger partial charge in [0.15, 0.2) is 6.10 Å². The van der Waals surface area contributed by atoms with Crippen LogP contribution in [0.25, 0.3) is 22.1 Å². The molecule has 7 heteroatoms. The quantitative estimate of drug-likeness (QED) is 0.397. The number of hydrogen-bond acceptors (Lipinski definition) is 6. The van der Waals surface area contributed by atoms with Gasteiger partial charge in [0.1, 0.15) is 11.3 Å². The fourth-order valence-corrected chi connectivity index (χ4v) is 3.26. The van der Waals surface area contributed by atoms with Crippen molar-refractivity contribution in [2.24, 2.45) is 0 Å². The van der Waals surface area contributed by atoms with Gasteiger partial charge in [-0.05, 0) is 49.4 Å². The first kappa shape index (κ1) is 22.1. The average Bonchev–Trinajstić information content (AvgIpc) is 2.75. The Bertz CT molecular complexity index is 1110. The van der Waals surface area contributed by atoms with Crippen LogP contribution in [0.1, 0.15) is 32.6 Å². The van der Waals surface area contributed by atoms with Crippen molar-refractivity contribution in [3.05, 3.63) is 65.0 Å². The molecule has 31 heavy (non-hydrogen) atoms. The van der Waals surface area contributed by atoms with Gasteiger partial charge in [-0.25, -0.2) is 4.79 Å². The number of unbranched alkanes of at least 4 members (excludes halogenated alkanes) is 2. The molecule has 1 aromatic heterocycles. The summed E-state index contributed by atoms with van der Waals surface area (Å²) < 4.78 is 11.1. The molecule has 0 fully saturated rings. The van der Waals surface area contributed by atoms with Crippen LogP contribution in [0.2, 0.25) is 0 Å². The second-order valence-electron chi connectivity index (χ2n) is 7.24. The third-order valence-electron chi connectivity index (χ3n) is 4.84. The molecular formula is C24H24NO6-. The second kappa shape index (κ2) is 10.4. The van der Waals surface area contributed by atoms with Crippen molar-refractivity contribution in [1.82, 2.24) is 5.32 Å². The first-order chi connectivity index (χ1) is 14.9. The molecule has 162 valence electrons. The van der Waals surface area contributed by atoms with E-state index in [1.165, 1.54) is 6.07 Å². The van der Waals surface area contributed by atoms with Crippen molar-refractivity contribution in [1.29, 1.82) is 0 Å². The zero-order valence-electron chi connectivity index (χ0n) is 17.3. The van der Waals surface area contributed by atoms with Crippen LogP contribution in [0.15, 0.2) is 63.8 Å². The van der Waals surface area contributed by atoms with Gasteiger partial charge in [0.2, 0.25) is 0 Å². The number of benzene rings is 2. The SMILES string of the molecule is CC(Oc1ccc2c(-c3ccccc3)cc(=O)oc2c1)C(=O)NCCCCCC(=O)[O-]. The van der Waals surface area contributed by atoms with Crippen LogP contribution < -0.4 is 20.8 Å². The Hall–Kier alpha value is -3.61. The maximum absolute atomic E-state index is 12.2. The van der Waals surface area contributed by atoms with Crippen molar-refractivity contribution < 1.29 is 23.8 Å². The van der Waals surface area contributed by atoms with Gasteiger partial charge in [-0.15, -0.1) is 0 Å². The first-order valence-corrected chi connectivity index (χ1v) is 10.2. The van der Waals surface area contributed by atoms with Gasteiger partial charge in [-0.3, -0.25) is 4.79 Å². The van der Waals surface area contributed by atoms with E-state index in [1.54, 1.807) is 25.1 Å². The molecule has 1 heterocycles. The minimum atomic E-state index is -1.06. The lowest BCUT2D eigenvalue weighted by Crippen LogP contribution is -2.36. The van der Waals surface area contributed by atoms with Crippen LogP contribution in [0.4, 0.5) is 0 Å². The van der Waals surface area contributed by atoms with Gasteiger partial charge in [0.25, 0.3) is 5.91 Å².